The summed E-state index contributed by atoms with van der Waals surface area (Å²) in [7, 11) is -1.38. The van der Waals surface area contributed by atoms with Crippen LogP contribution in [0.3, 0.4) is 0 Å². The second kappa shape index (κ2) is 10.7. The molecule has 0 aromatic carbocycles. The van der Waals surface area contributed by atoms with Crippen LogP contribution in [0.25, 0.3) is 0 Å². The third-order valence-electron chi connectivity index (χ3n) is 5.34. The molecule has 0 bridgehead atoms. The van der Waals surface area contributed by atoms with Gasteiger partial charge in [-0.2, -0.15) is 11.8 Å². The third-order valence-corrected chi connectivity index (χ3v) is 8.15. The monoisotopic (exact) mass is 517 g/mol. The van der Waals surface area contributed by atoms with Gasteiger partial charge in [0.2, 0.25) is 10.0 Å². The Morgan fingerprint density at radius 1 is 1.15 bits per heavy atom. The summed E-state index contributed by atoms with van der Waals surface area (Å²) in [6, 6.07) is 0.621. The van der Waals surface area contributed by atoms with E-state index in [2.05, 4.69) is 20.1 Å². The SMILES string of the molecule is CN=C(NCCS(=O)(=O)N1CCSCC1)N1CCC(N2CCCC2)C1.I. The first-order valence-corrected chi connectivity index (χ1v) is 12.1. The van der Waals surface area contributed by atoms with Crippen LogP contribution in [0, 0.1) is 0 Å². The van der Waals surface area contributed by atoms with E-state index < -0.39 is 10.0 Å². The van der Waals surface area contributed by atoms with Crippen molar-refractivity contribution in [1.29, 1.82) is 0 Å². The summed E-state index contributed by atoms with van der Waals surface area (Å²) in [5.41, 5.74) is 0. The number of rotatable bonds is 5. The van der Waals surface area contributed by atoms with Crippen molar-refractivity contribution in [3.8, 4) is 0 Å². The number of aliphatic imine (C=N–C) groups is 1. The van der Waals surface area contributed by atoms with E-state index in [1.54, 1.807) is 11.4 Å². The first kappa shape index (κ1) is 22.5. The predicted molar refractivity (Wildman–Crippen MR) is 120 cm³/mol. The Kier molecular flexibility index (Phi) is 9.25. The largest absolute Gasteiger partial charge is 0.355 e. The van der Waals surface area contributed by atoms with Crippen LogP contribution < -0.4 is 5.32 Å². The van der Waals surface area contributed by atoms with Gasteiger partial charge < -0.3 is 10.2 Å². The molecular weight excluding hydrogens is 485 g/mol. The predicted octanol–water partition coefficient (Wildman–Crippen LogP) is 0.729. The first-order chi connectivity index (χ1) is 12.1. The molecule has 152 valence electrons. The van der Waals surface area contributed by atoms with E-state index in [4.69, 9.17) is 0 Å². The molecule has 0 aromatic rings. The van der Waals surface area contributed by atoms with Crippen molar-refractivity contribution in [2.45, 2.75) is 25.3 Å². The lowest BCUT2D eigenvalue weighted by Gasteiger charge is -2.27. The number of sulfonamides is 1. The molecule has 3 aliphatic rings. The molecule has 1 unspecified atom stereocenters. The van der Waals surface area contributed by atoms with Crippen LogP contribution in [0.4, 0.5) is 0 Å². The highest BCUT2D eigenvalue weighted by Crippen LogP contribution is 2.20. The lowest BCUT2D eigenvalue weighted by Crippen LogP contribution is -2.46. The molecular formula is C16H32IN5O2S2. The van der Waals surface area contributed by atoms with Gasteiger partial charge in [0.25, 0.3) is 0 Å². The minimum absolute atomic E-state index is 0. The molecule has 3 rings (SSSR count). The molecule has 26 heavy (non-hydrogen) atoms. The van der Waals surface area contributed by atoms with Crippen LogP contribution in [0.5, 0.6) is 0 Å². The number of hydrogen-bond donors (Lipinski definition) is 1. The molecule has 10 heteroatoms. The van der Waals surface area contributed by atoms with E-state index >= 15 is 0 Å². The second-order valence-corrected chi connectivity index (χ2v) is 10.2. The van der Waals surface area contributed by atoms with Gasteiger partial charge in [-0.1, -0.05) is 0 Å². The lowest BCUT2D eigenvalue weighted by atomic mass is 10.2. The van der Waals surface area contributed by atoms with Crippen LogP contribution in [0.1, 0.15) is 19.3 Å². The van der Waals surface area contributed by atoms with Crippen LogP contribution in [0.15, 0.2) is 4.99 Å². The standard InChI is InChI=1S/C16H31N5O2S2.HI/c1-17-16(20-8-4-15(14-20)19-6-2-3-7-19)18-5-13-25(22,23)21-9-11-24-12-10-21;/h15H,2-14H2,1H3,(H,17,18);1H. The fraction of sp³-hybridized carbons (Fsp3) is 0.938. The van der Waals surface area contributed by atoms with Gasteiger partial charge >= 0.3 is 0 Å². The summed E-state index contributed by atoms with van der Waals surface area (Å²) in [5.74, 6) is 2.78. The van der Waals surface area contributed by atoms with Crippen molar-refractivity contribution in [3.05, 3.63) is 0 Å². The van der Waals surface area contributed by atoms with E-state index in [-0.39, 0.29) is 29.7 Å². The average molecular weight is 518 g/mol. The normalized spacial score (nSPS) is 26.1. The zero-order chi connectivity index (χ0) is 17.7. The van der Waals surface area contributed by atoms with Gasteiger partial charge in [0.15, 0.2) is 5.96 Å². The van der Waals surface area contributed by atoms with E-state index in [0.717, 1.165) is 30.6 Å². The highest BCUT2D eigenvalue weighted by atomic mass is 127. The molecule has 7 nitrogen and oxygen atoms in total. The summed E-state index contributed by atoms with van der Waals surface area (Å²) in [4.78, 5) is 9.22. The van der Waals surface area contributed by atoms with E-state index in [0.29, 0.717) is 25.7 Å². The fourth-order valence-corrected chi connectivity index (χ4v) is 6.41. The van der Waals surface area contributed by atoms with E-state index in [9.17, 15) is 8.42 Å². The number of hydrogen-bond acceptors (Lipinski definition) is 5. The quantitative estimate of drug-likeness (QED) is 0.330. The first-order valence-electron chi connectivity index (χ1n) is 9.35. The van der Waals surface area contributed by atoms with Crippen LogP contribution >= 0.6 is 35.7 Å². The van der Waals surface area contributed by atoms with Crippen molar-refractivity contribution >= 4 is 51.7 Å². The molecule has 0 saturated carbocycles. The lowest BCUT2D eigenvalue weighted by molar-refractivity contribution is 0.249. The molecule has 0 spiro atoms. The zero-order valence-electron chi connectivity index (χ0n) is 15.6. The summed E-state index contributed by atoms with van der Waals surface area (Å²) < 4.78 is 26.5. The van der Waals surface area contributed by atoms with Crippen molar-refractivity contribution in [3.63, 3.8) is 0 Å². The Hall–Kier alpha value is 0.220. The fourth-order valence-electron chi connectivity index (χ4n) is 3.92. The molecule has 3 aliphatic heterocycles. The maximum Gasteiger partial charge on any atom is 0.215 e. The number of nitrogens with one attached hydrogen (secondary N) is 1. The van der Waals surface area contributed by atoms with Gasteiger partial charge in [-0.25, -0.2) is 12.7 Å². The minimum Gasteiger partial charge on any atom is -0.355 e. The van der Waals surface area contributed by atoms with Gasteiger partial charge in [0.05, 0.1) is 5.75 Å². The van der Waals surface area contributed by atoms with Gasteiger partial charge in [-0.3, -0.25) is 9.89 Å². The van der Waals surface area contributed by atoms with Gasteiger partial charge in [-0.05, 0) is 32.4 Å². The van der Waals surface area contributed by atoms with Crippen molar-refractivity contribution < 1.29 is 8.42 Å². The molecule has 1 N–H and O–H groups in total. The Balaban J connectivity index is 0.00000243. The highest BCUT2D eigenvalue weighted by molar-refractivity contribution is 14.0. The molecule has 0 radical (unpaired) electrons. The molecule has 0 aliphatic carbocycles. The molecule has 3 heterocycles. The number of likely N-dealkylation sites (tertiary alicyclic amines) is 2. The van der Waals surface area contributed by atoms with Crippen molar-refractivity contribution in [2.75, 3.05) is 70.1 Å². The topological polar surface area (TPSA) is 68.2 Å². The number of thioether (sulfide) groups is 1. The number of nitrogens with zero attached hydrogens (tertiary/aromatic N) is 4. The Labute approximate surface area is 179 Å². The second-order valence-electron chi connectivity index (χ2n) is 6.93. The number of halogens is 1. The number of guanidine groups is 1. The van der Waals surface area contributed by atoms with Crippen LogP contribution in [-0.4, -0.2) is 105 Å². The Bertz CT molecular complexity index is 563. The van der Waals surface area contributed by atoms with Gasteiger partial charge in [0.1, 0.15) is 0 Å². The van der Waals surface area contributed by atoms with E-state index in [1.807, 2.05) is 11.8 Å². The summed E-state index contributed by atoms with van der Waals surface area (Å²) in [5, 5.41) is 3.26. The van der Waals surface area contributed by atoms with Gasteiger partial charge in [0, 0.05) is 57.3 Å². The molecule has 1 atom stereocenters. The van der Waals surface area contributed by atoms with Crippen LogP contribution in [0.2, 0.25) is 0 Å². The zero-order valence-corrected chi connectivity index (χ0v) is 19.6. The summed E-state index contributed by atoms with van der Waals surface area (Å²) in [6.07, 6.45) is 3.80. The molecule has 0 amide bonds. The molecule has 3 saturated heterocycles. The Morgan fingerprint density at radius 2 is 1.85 bits per heavy atom. The van der Waals surface area contributed by atoms with E-state index in [1.165, 1.54) is 32.4 Å². The Morgan fingerprint density at radius 3 is 2.50 bits per heavy atom. The highest BCUT2D eigenvalue weighted by Gasteiger charge is 2.31. The summed E-state index contributed by atoms with van der Waals surface area (Å²) >= 11 is 1.82. The summed E-state index contributed by atoms with van der Waals surface area (Å²) in [6.45, 7) is 6.14. The molecule has 0 aromatic heterocycles. The minimum atomic E-state index is -3.16. The average Bonchev–Trinajstić information content (AvgIpc) is 3.31. The maximum absolute atomic E-state index is 12.4. The molecule has 3 fully saturated rings. The van der Waals surface area contributed by atoms with Crippen molar-refractivity contribution in [2.24, 2.45) is 4.99 Å². The smallest absolute Gasteiger partial charge is 0.215 e. The third kappa shape index (κ3) is 5.86. The van der Waals surface area contributed by atoms with Crippen molar-refractivity contribution in [1.82, 2.24) is 19.4 Å². The van der Waals surface area contributed by atoms with Crippen LogP contribution in [-0.2, 0) is 10.0 Å². The van der Waals surface area contributed by atoms with Gasteiger partial charge in [-0.15, -0.1) is 24.0 Å². The maximum atomic E-state index is 12.4.